The number of aromatic nitrogens is 5. The first-order valence-electron chi connectivity index (χ1n) is 11.6. The molecule has 0 unspecified atom stereocenters. The van der Waals surface area contributed by atoms with Crippen LogP contribution in [0.1, 0.15) is 31.4 Å². The van der Waals surface area contributed by atoms with Gasteiger partial charge in [0.1, 0.15) is 19.1 Å². The number of ether oxygens (including phenoxy) is 1. The lowest BCUT2D eigenvalue weighted by atomic mass is 10.0. The van der Waals surface area contributed by atoms with Crippen molar-refractivity contribution in [3.8, 4) is 5.82 Å². The minimum Gasteiger partial charge on any atom is -0.459 e. The Morgan fingerprint density at radius 1 is 1.26 bits per heavy atom. The van der Waals surface area contributed by atoms with E-state index in [1.165, 1.54) is 11.0 Å². The lowest BCUT2D eigenvalue weighted by Gasteiger charge is -2.39. The number of rotatable bonds is 6. The molecule has 0 aromatic carbocycles. The van der Waals surface area contributed by atoms with Crippen molar-refractivity contribution in [1.29, 1.82) is 0 Å². The molecule has 2 fully saturated rings. The summed E-state index contributed by atoms with van der Waals surface area (Å²) >= 11 is 0. The zero-order chi connectivity index (χ0) is 24.5. The number of likely N-dealkylation sites (tertiary alicyclic amines) is 1. The molecule has 5 heterocycles. The summed E-state index contributed by atoms with van der Waals surface area (Å²) in [5.74, 6) is 0.227. The van der Waals surface area contributed by atoms with Gasteiger partial charge < -0.3 is 14.7 Å². The van der Waals surface area contributed by atoms with Gasteiger partial charge in [0, 0.05) is 44.5 Å². The number of cyclic esters (lactones) is 1. The molecule has 2 aromatic heterocycles. The number of carbonyl (C=O) groups excluding carboxylic acids is 2. The van der Waals surface area contributed by atoms with E-state index in [-0.39, 0.29) is 38.1 Å². The highest BCUT2D eigenvalue weighted by atomic mass is 19.1. The summed E-state index contributed by atoms with van der Waals surface area (Å²) < 4.78 is 21.8. The molecule has 2 saturated heterocycles. The van der Waals surface area contributed by atoms with Gasteiger partial charge in [-0.1, -0.05) is 6.07 Å². The molecule has 12 nitrogen and oxygen atoms in total. The predicted molar refractivity (Wildman–Crippen MR) is 119 cm³/mol. The van der Waals surface area contributed by atoms with E-state index in [1.807, 2.05) is 11.8 Å². The second kappa shape index (κ2) is 9.66. The van der Waals surface area contributed by atoms with Crippen molar-refractivity contribution in [3.05, 3.63) is 41.5 Å². The molecule has 0 saturated carbocycles. The van der Waals surface area contributed by atoms with E-state index in [0.29, 0.717) is 43.1 Å². The fourth-order valence-corrected chi connectivity index (χ4v) is 4.88. The van der Waals surface area contributed by atoms with Crippen LogP contribution in [-0.2, 0) is 9.53 Å². The Labute approximate surface area is 200 Å². The van der Waals surface area contributed by atoms with Crippen molar-refractivity contribution in [2.24, 2.45) is 0 Å². The molecule has 3 atom stereocenters. The second-order valence-corrected chi connectivity index (χ2v) is 9.04. The zero-order valence-corrected chi connectivity index (χ0v) is 19.3. The maximum atomic E-state index is 15.2. The van der Waals surface area contributed by atoms with Gasteiger partial charge in [-0.05, 0) is 35.4 Å². The highest BCUT2D eigenvalue weighted by Crippen LogP contribution is 2.29. The fraction of sp³-hybridized carbons (Fsp3) is 0.545. The number of urea groups is 1. The van der Waals surface area contributed by atoms with E-state index in [9.17, 15) is 14.7 Å². The molecule has 5 rings (SSSR count). The molecule has 13 heteroatoms. The number of β-amino-alcohol motifs (C(OH)–C–C–N with tert-alkyl or cyclic N) is 1. The second-order valence-electron chi connectivity index (χ2n) is 9.04. The molecule has 1 N–H and O–H groups in total. The summed E-state index contributed by atoms with van der Waals surface area (Å²) in [5.41, 5.74) is 2.13. The number of nitrogens with zero attached hydrogens (tertiary/aromatic N) is 8. The normalized spacial score (nSPS) is 24.8. The third-order valence-electron chi connectivity index (χ3n) is 6.80. The highest BCUT2D eigenvalue weighted by Gasteiger charge is 2.42. The van der Waals surface area contributed by atoms with Gasteiger partial charge in [-0.3, -0.25) is 14.6 Å². The Bertz CT molecular complexity index is 1110. The van der Waals surface area contributed by atoms with Crippen molar-refractivity contribution in [2.45, 2.75) is 38.1 Å². The number of aliphatic hydroxyl groups excluding tert-OH is 1. The first-order valence-corrected chi connectivity index (χ1v) is 11.6. The summed E-state index contributed by atoms with van der Waals surface area (Å²) in [5, 5.41) is 21.6. The van der Waals surface area contributed by atoms with Crippen LogP contribution in [0.25, 0.3) is 5.82 Å². The maximum Gasteiger partial charge on any atom is 0.324 e. The number of alkyl halides is 1. The first kappa shape index (κ1) is 23.3. The van der Waals surface area contributed by atoms with E-state index in [2.05, 4.69) is 20.5 Å². The van der Waals surface area contributed by atoms with Gasteiger partial charge in [-0.2, -0.15) is 4.68 Å². The minimum atomic E-state index is -1.24. The molecular formula is C22H27FN8O4. The van der Waals surface area contributed by atoms with E-state index >= 15 is 4.39 Å². The monoisotopic (exact) mass is 486 g/mol. The first-order chi connectivity index (χ1) is 16.9. The fourth-order valence-electron chi connectivity index (χ4n) is 4.88. The Balaban J connectivity index is 1.16. The SMILES string of the molecule is CC1=C(N2CCN([C@@H]3CCN(C[C@H](O)c4ccc(-n5cnnn5)nc4)C[C@H]3F)C2=O)COC(=O)C1. The van der Waals surface area contributed by atoms with Gasteiger partial charge >= 0.3 is 12.0 Å². The molecular weight excluding hydrogens is 459 g/mol. The number of hydrogen-bond donors (Lipinski definition) is 1. The zero-order valence-electron chi connectivity index (χ0n) is 19.3. The maximum absolute atomic E-state index is 15.2. The lowest BCUT2D eigenvalue weighted by molar-refractivity contribution is -0.143. The van der Waals surface area contributed by atoms with Crippen molar-refractivity contribution < 1.29 is 23.8 Å². The van der Waals surface area contributed by atoms with Gasteiger partial charge in [0.05, 0.1) is 24.3 Å². The molecule has 3 aliphatic rings. The van der Waals surface area contributed by atoms with Crippen LogP contribution < -0.4 is 0 Å². The summed E-state index contributed by atoms with van der Waals surface area (Å²) in [6, 6.07) is 2.68. The quantitative estimate of drug-likeness (QED) is 0.579. The smallest absolute Gasteiger partial charge is 0.324 e. The number of esters is 1. The van der Waals surface area contributed by atoms with Crippen LogP contribution in [0.3, 0.4) is 0 Å². The molecule has 0 radical (unpaired) electrons. The van der Waals surface area contributed by atoms with Gasteiger partial charge in [0.15, 0.2) is 5.82 Å². The molecule has 35 heavy (non-hydrogen) atoms. The lowest BCUT2D eigenvalue weighted by Crippen LogP contribution is -2.54. The molecule has 2 aromatic rings. The molecule has 0 bridgehead atoms. The summed E-state index contributed by atoms with van der Waals surface area (Å²) in [7, 11) is 0. The van der Waals surface area contributed by atoms with E-state index in [1.54, 1.807) is 28.1 Å². The number of hydrogen-bond acceptors (Lipinski definition) is 9. The molecule has 186 valence electrons. The number of pyridine rings is 1. The van der Waals surface area contributed by atoms with Gasteiger partial charge in [-0.15, -0.1) is 5.10 Å². The van der Waals surface area contributed by atoms with Crippen LogP contribution in [0.2, 0.25) is 0 Å². The van der Waals surface area contributed by atoms with E-state index in [0.717, 1.165) is 5.57 Å². The third-order valence-corrected chi connectivity index (χ3v) is 6.80. The Morgan fingerprint density at radius 2 is 2.11 bits per heavy atom. The number of amides is 2. The van der Waals surface area contributed by atoms with Crippen LogP contribution in [0, 0.1) is 0 Å². The Morgan fingerprint density at radius 3 is 2.80 bits per heavy atom. The minimum absolute atomic E-state index is 0.0746. The van der Waals surface area contributed by atoms with Crippen LogP contribution in [0.5, 0.6) is 0 Å². The molecule has 0 spiro atoms. The van der Waals surface area contributed by atoms with Gasteiger partial charge in [-0.25, -0.2) is 14.2 Å². The standard InChI is InChI=1S/C22H27FN8O4/c1-14-8-21(33)35-12-18(14)30-7-6-29(22(30)34)17-4-5-28(10-16(17)23)11-19(32)15-2-3-20(24-9-15)31-13-25-26-27-31/h2-3,9,13,16-17,19,32H,4-8,10-12H2,1H3/t16-,17-,19+/m1/s1. The van der Waals surface area contributed by atoms with Crippen molar-refractivity contribution in [1.82, 2.24) is 39.9 Å². The topological polar surface area (TPSA) is 130 Å². The average Bonchev–Trinajstić information content (AvgIpc) is 3.50. The number of aliphatic hydroxyl groups is 1. The number of carbonyl (C=O) groups is 2. The summed E-state index contributed by atoms with van der Waals surface area (Å²) in [6.45, 7) is 3.71. The van der Waals surface area contributed by atoms with Crippen molar-refractivity contribution >= 4 is 12.0 Å². The Hall–Kier alpha value is -3.45. The van der Waals surface area contributed by atoms with Crippen molar-refractivity contribution in [2.75, 3.05) is 39.3 Å². The third kappa shape index (κ3) is 4.73. The number of piperidine rings is 1. The van der Waals surface area contributed by atoms with E-state index in [4.69, 9.17) is 4.74 Å². The Kier molecular flexibility index (Phi) is 6.43. The average molecular weight is 487 g/mol. The number of halogens is 1. The van der Waals surface area contributed by atoms with Crippen LogP contribution in [-0.4, -0.2) is 109 Å². The van der Waals surface area contributed by atoms with E-state index < -0.39 is 18.3 Å². The van der Waals surface area contributed by atoms with Crippen LogP contribution in [0.15, 0.2) is 35.9 Å². The largest absolute Gasteiger partial charge is 0.459 e. The molecule has 2 amide bonds. The van der Waals surface area contributed by atoms with Gasteiger partial charge in [0.2, 0.25) is 0 Å². The highest BCUT2D eigenvalue weighted by molar-refractivity contribution is 5.81. The van der Waals surface area contributed by atoms with Crippen LogP contribution in [0.4, 0.5) is 9.18 Å². The molecule has 0 aliphatic carbocycles. The van der Waals surface area contributed by atoms with Crippen molar-refractivity contribution in [3.63, 3.8) is 0 Å². The number of tetrazole rings is 1. The summed E-state index contributed by atoms with van der Waals surface area (Å²) in [4.78, 5) is 33.9. The molecule has 3 aliphatic heterocycles. The predicted octanol–water partition coefficient (Wildman–Crippen LogP) is 0.462. The summed E-state index contributed by atoms with van der Waals surface area (Å²) in [6.07, 6.45) is 1.55. The van der Waals surface area contributed by atoms with Gasteiger partial charge in [0.25, 0.3) is 0 Å². The van der Waals surface area contributed by atoms with Crippen LogP contribution >= 0.6 is 0 Å².